The number of hydrogen-bond donors (Lipinski definition) is 2. The lowest BCUT2D eigenvalue weighted by Crippen LogP contribution is -2.40. The molecule has 1 amide bonds. The van der Waals surface area contributed by atoms with Gasteiger partial charge in [-0.2, -0.15) is 0 Å². The van der Waals surface area contributed by atoms with Crippen molar-refractivity contribution in [2.45, 2.75) is 38.8 Å². The summed E-state index contributed by atoms with van der Waals surface area (Å²) < 4.78 is 5.60. The Hall–Kier alpha value is -1.66. The number of nitrogens with zero attached hydrogens (tertiary/aromatic N) is 1. The van der Waals surface area contributed by atoms with Crippen molar-refractivity contribution >= 4 is 17.2 Å². The predicted molar refractivity (Wildman–Crippen MR) is 82.5 cm³/mol. The van der Waals surface area contributed by atoms with Crippen molar-refractivity contribution < 1.29 is 9.53 Å². The molecular formula is C15H19N3O2S. The van der Waals surface area contributed by atoms with Gasteiger partial charge in [0, 0.05) is 23.7 Å². The van der Waals surface area contributed by atoms with Crippen LogP contribution in [-0.2, 0) is 4.74 Å². The van der Waals surface area contributed by atoms with Crippen LogP contribution in [0.1, 0.15) is 35.3 Å². The Morgan fingerprint density at radius 2 is 2.48 bits per heavy atom. The second-order valence-corrected chi connectivity index (χ2v) is 6.43. The van der Waals surface area contributed by atoms with Crippen LogP contribution in [0.25, 0.3) is 11.3 Å². The van der Waals surface area contributed by atoms with Gasteiger partial charge in [0.2, 0.25) is 0 Å². The van der Waals surface area contributed by atoms with Gasteiger partial charge in [-0.3, -0.25) is 4.79 Å². The fourth-order valence-corrected chi connectivity index (χ4v) is 3.17. The third-order valence-electron chi connectivity index (χ3n) is 3.72. The van der Waals surface area contributed by atoms with Crippen molar-refractivity contribution in [2.24, 2.45) is 0 Å². The number of aryl methyl sites for hydroxylation is 1. The molecule has 0 saturated carbocycles. The molecule has 0 spiro atoms. The summed E-state index contributed by atoms with van der Waals surface area (Å²) >= 11 is 1.60. The molecule has 0 radical (unpaired) electrons. The molecule has 21 heavy (non-hydrogen) atoms. The Labute approximate surface area is 127 Å². The van der Waals surface area contributed by atoms with E-state index >= 15 is 0 Å². The first kappa shape index (κ1) is 14.3. The lowest BCUT2D eigenvalue weighted by Gasteiger charge is -2.19. The number of aromatic nitrogens is 2. The summed E-state index contributed by atoms with van der Waals surface area (Å²) in [5, 5.41) is 6.01. The van der Waals surface area contributed by atoms with Gasteiger partial charge in [0.15, 0.2) is 0 Å². The Morgan fingerprint density at radius 1 is 1.62 bits per heavy atom. The lowest BCUT2D eigenvalue weighted by molar-refractivity contribution is 0.0710. The van der Waals surface area contributed by atoms with Crippen molar-refractivity contribution in [2.75, 3.05) is 6.61 Å². The summed E-state index contributed by atoms with van der Waals surface area (Å²) in [4.78, 5) is 19.7. The number of rotatable bonds is 4. The number of ether oxygens (including phenoxy) is 1. The van der Waals surface area contributed by atoms with Crippen LogP contribution >= 0.6 is 11.3 Å². The van der Waals surface area contributed by atoms with Gasteiger partial charge in [0.05, 0.1) is 22.8 Å². The molecule has 1 aliphatic rings. The summed E-state index contributed by atoms with van der Waals surface area (Å²) in [7, 11) is 0. The highest BCUT2D eigenvalue weighted by atomic mass is 32.1. The van der Waals surface area contributed by atoms with Gasteiger partial charge in [-0.1, -0.05) is 0 Å². The van der Waals surface area contributed by atoms with Crippen LogP contribution in [0.5, 0.6) is 0 Å². The van der Waals surface area contributed by atoms with Crippen LogP contribution in [0.3, 0.4) is 0 Å². The zero-order valence-corrected chi connectivity index (χ0v) is 13.0. The highest BCUT2D eigenvalue weighted by Crippen LogP contribution is 2.22. The van der Waals surface area contributed by atoms with Gasteiger partial charge in [0.25, 0.3) is 5.91 Å². The molecule has 5 nitrogen and oxygen atoms in total. The quantitative estimate of drug-likeness (QED) is 0.912. The maximum absolute atomic E-state index is 12.2. The zero-order chi connectivity index (χ0) is 14.8. The van der Waals surface area contributed by atoms with Gasteiger partial charge >= 0.3 is 0 Å². The van der Waals surface area contributed by atoms with Crippen molar-refractivity contribution in [3.63, 3.8) is 0 Å². The Kier molecular flexibility index (Phi) is 4.07. The minimum Gasteiger partial charge on any atom is -0.376 e. The molecule has 2 aromatic heterocycles. The van der Waals surface area contributed by atoms with E-state index in [2.05, 4.69) is 15.3 Å². The monoisotopic (exact) mass is 305 g/mol. The molecule has 6 heteroatoms. The molecule has 1 aliphatic heterocycles. The minimum atomic E-state index is -0.101. The maximum atomic E-state index is 12.2. The van der Waals surface area contributed by atoms with Crippen LogP contribution in [0.4, 0.5) is 0 Å². The second kappa shape index (κ2) is 5.99. The lowest BCUT2D eigenvalue weighted by atomic mass is 10.1. The average molecular weight is 305 g/mol. The fourth-order valence-electron chi connectivity index (χ4n) is 2.54. The van der Waals surface area contributed by atoms with Gasteiger partial charge in [-0.15, -0.1) is 11.3 Å². The molecule has 0 unspecified atom stereocenters. The summed E-state index contributed by atoms with van der Waals surface area (Å²) in [5.41, 5.74) is 2.40. The fraction of sp³-hybridized carbons (Fsp3) is 0.467. The van der Waals surface area contributed by atoms with Crippen molar-refractivity contribution in [3.8, 4) is 11.3 Å². The highest BCUT2D eigenvalue weighted by molar-refractivity contribution is 7.09. The summed E-state index contributed by atoms with van der Waals surface area (Å²) in [6.07, 6.45) is 4.03. The van der Waals surface area contributed by atoms with Gasteiger partial charge < -0.3 is 15.0 Å². The average Bonchev–Trinajstić information content (AvgIpc) is 3.19. The first-order valence-corrected chi connectivity index (χ1v) is 8.05. The Morgan fingerprint density at radius 3 is 3.14 bits per heavy atom. The van der Waals surface area contributed by atoms with E-state index in [0.29, 0.717) is 5.69 Å². The van der Waals surface area contributed by atoms with Crippen LogP contribution in [0, 0.1) is 6.92 Å². The van der Waals surface area contributed by atoms with E-state index in [0.717, 1.165) is 35.7 Å². The SMILES string of the molecule is Cc1nc(-c2c[nH]c(C(=O)N[C@@H](C)[C@@H]3CCCO3)c2)cs1. The minimum absolute atomic E-state index is 0.0215. The number of H-pyrrole nitrogens is 1. The molecule has 0 aliphatic carbocycles. The molecule has 112 valence electrons. The largest absolute Gasteiger partial charge is 0.376 e. The van der Waals surface area contributed by atoms with Gasteiger partial charge in [0.1, 0.15) is 5.69 Å². The number of hydrogen-bond acceptors (Lipinski definition) is 4. The standard InChI is InChI=1S/C15H19N3O2S/c1-9(14-4-3-5-20-14)17-15(19)12-6-11(7-16-12)13-8-21-10(2)18-13/h6-9,14,16H,3-5H2,1-2H3,(H,17,19)/t9-,14-/m0/s1. The molecule has 2 aromatic rings. The Bertz CT molecular complexity index is 628. The number of amides is 1. The molecule has 1 saturated heterocycles. The Balaban J connectivity index is 1.66. The summed E-state index contributed by atoms with van der Waals surface area (Å²) in [6.45, 7) is 4.75. The number of aromatic amines is 1. The topological polar surface area (TPSA) is 67.0 Å². The van der Waals surface area contributed by atoms with Crippen molar-refractivity contribution in [3.05, 3.63) is 28.3 Å². The number of carbonyl (C=O) groups excluding carboxylic acids is 1. The van der Waals surface area contributed by atoms with Gasteiger partial charge in [-0.05, 0) is 32.8 Å². The van der Waals surface area contributed by atoms with Crippen LogP contribution in [0.2, 0.25) is 0 Å². The van der Waals surface area contributed by atoms with E-state index in [1.165, 1.54) is 0 Å². The normalized spacial score (nSPS) is 19.6. The molecule has 3 rings (SSSR count). The third kappa shape index (κ3) is 3.16. The van der Waals surface area contributed by atoms with E-state index in [4.69, 9.17) is 4.74 Å². The molecule has 0 aromatic carbocycles. The summed E-state index contributed by atoms with van der Waals surface area (Å²) in [5.74, 6) is -0.101. The first-order valence-electron chi connectivity index (χ1n) is 7.17. The molecule has 3 heterocycles. The van der Waals surface area contributed by atoms with E-state index in [9.17, 15) is 4.79 Å². The zero-order valence-electron chi connectivity index (χ0n) is 12.2. The van der Waals surface area contributed by atoms with E-state index < -0.39 is 0 Å². The predicted octanol–water partition coefficient (Wildman–Crippen LogP) is 2.74. The van der Waals surface area contributed by atoms with Crippen LogP contribution < -0.4 is 5.32 Å². The van der Waals surface area contributed by atoms with Crippen LogP contribution in [0.15, 0.2) is 17.6 Å². The number of nitrogens with one attached hydrogen (secondary N) is 2. The third-order valence-corrected chi connectivity index (χ3v) is 4.50. The van der Waals surface area contributed by atoms with Crippen LogP contribution in [-0.4, -0.2) is 34.6 Å². The van der Waals surface area contributed by atoms with Crippen molar-refractivity contribution in [1.29, 1.82) is 0 Å². The number of carbonyl (C=O) groups is 1. The second-order valence-electron chi connectivity index (χ2n) is 5.37. The van der Waals surface area contributed by atoms with E-state index in [1.807, 2.05) is 31.5 Å². The molecule has 0 bridgehead atoms. The first-order chi connectivity index (χ1) is 10.1. The highest BCUT2D eigenvalue weighted by Gasteiger charge is 2.24. The maximum Gasteiger partial charge on any atom is 0.268 e. The molecule has 2 N–H and O–H groups in total. The molecule has 1 fully saturated rings. The summed E-state index contributed by atoms with van der Waals surface area (Å²) in [6, 6.07) is 1.86. The smallest absolute Gasteiger partial charge is 0.268 e. The van der Waals surface area contributed by atoms with Gasteiger partial charge in [-0.25, -0.2) is 4.98 Å². The number of thiazole rings is 1. The van der Waals surface area contributed by atoms with E-state index in [1.54, 1.807) is 11.3 Å². The molecule has 2 atom stereocenters. The molecular weight excluding hydrogens is 286 g/mol. The van der Waals surface area contributed by atoms with E-state index in [-0.39, 0.29) is 18.1 Å². The van der Waals surface area contributed by atoms with Crippen molar-refractivity contribution in [1.82, 2.24) is 15.3 Å².